The second-order valence-electron chi connectivity index (χ2n) is 7.32. The van der Waals surface area contributed by atoms with Crippen molar-refractivity contribution in [3.63, 3.8) is 0 Å². The molecule has 2 heterocycles. The van der Waals surface area contributed by atoms with Crippen LogP contribution in [0.3, 0.4) is 0 Å². The second kappa shape index (κ2) is 8.19. The molecule has 1 fully saturated rings. The Hall–Kier alpha value is -2.24. The van der Waals surface area contributed by atoms with Gasteiger partial charge in [0.25, 0.3) is 0 Å². The number of carbonyl (C=O) groups excluding carboxylic acids is 1. The standard InChI is InChI=1S/C22H25N3OS/c1-24(16-21-23-11-13-27-21)20-8-9-22(26)25(12-10-20)15-17-6-7-18-4-2-3-5-19(18)14-17/h2-7,11,13-14,20H,8-10,12,15-16H2,1H3. The fourth-order valence-corrected chi connectivity index (χ4v) is 4.54. The zero-order valence-electron chi connectivity index (χ0n) is 15.7. The van der Waals surface area contributed by atoms with Gasteiger partial charge in [-0.05, 0) is 42.3 Å². The lowest BCUT2D eigenvalue weighted by Gasteiger charge is -2.26. The molecule has 5 heteroatoms. The number of carbonyl (C=O) groups is 1. The van der Waals surface area contributed by atoms with Crippen molar-refractivity contribution < 1.29 is 4.79 Å². The van der Waals surface area contributed by atoms with Crippen molar-refractivity contribution in [1.82, 2.24) is 14.8 Å². The van der Waals surface area contributed by atoms with Crippen molar-refractivity contribution >= 4 is 28.0 Å². The number of benzene rings is 2. The first kappa shape index (κ1) is 18.1. The number of nitrogens with zero attached hydrogens (tertiary/aromatic N) is 3. The molecule has 0 saturated carbocycles. The zero-order valence-corrected chi connectivity index (χ0v) is 16.5. The van der Waals surface area contributed by atoms with Crippen LogP contribution in [0.25, 0.3) is 10.8 Å². The number of rotatable bonds is 5. The van der Waals surface area contributed by atoms with Crippen LogP contribution in [0.1, 0.15) is 29.8 Å². The van der Waals surface area contributed by atoms with Gasteiger partial charge in [-0.15, -0.1) is 11.3 Å². The van der Waals surface area contributed by atoms with Crippen molar-refractivity contribution in [2.24, 2.45) is 0 Å². The highest BCUT2D eigenvalue weighted by atomic mass is 32.1. The minimum Gasteiger partial charge on any atom is -0.338 e. The first-order valence-corrected chi connectivity index (χ1v) is 10.4. The van der Waals surface area contributed by atoms with E-state index >= 15 is 0 Å². The van der Waals surface area contributed by atoms with E-state index in [-0.39, 0.29) is 5.91 Å². The van der Waals surface area contributed by atoms with Crippen molar-refractivity contribution in [2.75, 3.05) is 13.6 Å². The first-order chi connectivity index (χ1) is 13.2. The van der Waals surface area contributed by atoms with Gasteiger partial charge in [-0.3, -0.25) is 9.69 Å². The lowest BCUT2D eigenvalue weighted by molar-refractivity contribution is -0.131. The molecule has 4 rings (SSSR count). The Morgan fingerprint density at radius 1 is 1.19 bits per heavy atom. The Kier molecular flexibility index (Phi) is 5.50. The van der Waals surface area contributed by atoms with E-state index in [1.807, 2.05) is 16.5 Å². The third-order valence-corrected chi connectivity index (χ3v) is 6.22. The van der Waals surface area contributed by atoms with E-state index < -0.39 is 0 Å². The summed E-state index contributed by atoms with van der Waals surface area (Å²) in [6.07, 6.45) is 4.42. The maximum Gasteiger partial charge on any atom is 0.222 e. The fraction of sp³-hybridized carbons (Fsp3) is 0.364. The van der Waals surface area contributed by atoms with E-state index in [2.05, 4.69) is 59.4 Å². The molecule has 1 unspecified atom stereocenters. The largest absolute Gasteiger partial charge is 0.338 e. The monoisotopic (exact) mass is 379 g/mol. The molecule has 1 saturated heterocycles. The number of likely N-dealkylation sites (tertiary alicyclic amines) is 1. The fourth-order valence-electron chi connectivity index (χ4n) is 3.86. The molecule has 27 heavy (non-hydrogen) atoms. The number of hydrogen-bond donors (Lipinski definition) is 0. The molecule has 1 aliphatic heterocycles. The average molecular weight is 380 g/mol. The van der Waals surface area contributed by atoms with Gasteiger partial charge in [0.05, 0.1) is 6.54 Å². The van der Waals surface area contributed by atoms with E-state index in [4.69, 9.17) is 0 Å². The van der Waals surface area contributed by atoms with Crippen LogP contribution in [-0.2, 0) is 17.9 Å². The van der Waals surface area contributed by atoms with E-state index in [9.17, 15) is 4.79 Å². The second-order valence-corrected chi connectivity index (χ2v) is 8.30. The third kappa shape index (κ3) is 4.37. The van der Waals surface area contributed by atoms with Crippen LogP contribution in [0.5, 0.6) is 0 Å². The number of amides is 1. The SMILES string of the molecule is CN(Cc1nccs1)C1CCC(=O)N(Cc2ccc3ccccc3c2)CC1. The van der Waals surface area contributed by atoms with E-state index in [1.54, 1.807) is 11.3 Å². The quantitative estimate of drug-likeness (QED) is 0.663. The summed E-state index contributed by atoms with van der Waals surface area (Å²) in [5, 5.41) is 5.64. The molecule has 3 aromatic rings. The van der Waals surface area contributed by atoms with Crippen molar-refractivity contribution in [3.8, 4) is 0 Å². The summed E-state index contributed by atoms with van der Waals surface area (Å²) >= 11 is 1.69. The molecular weight excluding hydrogens is 354 g/mol. The van der Waals surface area contributed by atoms with Crippen LogP contribution < -0.4 is 0 Å². The van der Waals surface area contributed by atoms with Crippen molar-refractivity contribution in [2.45, 2.75) is 38.4 Å². The Morgan fingerprint density at radius 2 is 2.04 bits per heavy atom. The molecule has 1 amide bonds. The van der Waals surface area contributed by atoms with Crippen LogP contribution in [0, 0.1) is 0 Å². The minimum atomic E-state index is 0.272. The van der Waals surface area contributed by atoms with E-state index in [1.165, 1.54) is 16.3 Å². The number of aromatic nitrogens is 1. The third-order valence-electron chi connectivity index (χ3n) is 5.46. The summed E-state index contributed by atoms with van der Waals surface area (Å²) in [7, 11) is 2.15. The summed E-state index contributed by atoms with van der Waals surface area (Å²) in [5.74, 6) is 0.272. The van der Waals surface area contributed by atoms with Crippen LogP contribution in [-0.4, -0.2) is 40.3 Å². The van der Waals surface area contributed by atoms with Crippen molar-refractivity contribution in [3.05, 3.63) is 64.6 Å². The van der Waals surface area contributed by atoms with Gasteiger partial charge in [0, 0.05) is 37.1 Å². The molecule has 1 atom stereocenters. The smallest absolute Gasteiger partial charge is 0.222 e. The molecule has 0 bridgehead atoms. The lowest BCUT2D eigenvalue weighted by Crippen LogP contribution is -2.33. The molecule has 2 aromatic carbocycles. The Morgan fingerprint density at radius 3 is 2.85 bits per heavy atom. The van der Waals surface area contributed by atoms with Crippen LogP contribution in [0.4, 0.5) is 0 Å². The maximum absolute atomic E-state index is 12.7. The predicted octanol–water partition coefficient (Wildman–Crippen LogP) is 4.31. The van der Waals surface area contributed by atoms with Gasteiger partial charge < -0.3 is 4.90 Å². The predicted molar refractivity (Wildman–Crippen MR) is 111 cm³/mol. The summed E-state index contributed by atoms with van der Waals surface area (Å²) in [6, 6.07) is 15.3. The molecule has 4 nitrogen and oxygen atoms in total. The molecule has 0 radical (unpaired) electrons. The van der Waals surface area contributed by atoms with Crippen LogP contribution in [0.2, 0.25) is 0 Å². The molecule has 1 aliphatic rings. The average Bonchev–Trinajstić information content (AvgIpc) is 3.12. The van der Waals surface area contributed by atoms with Crippen molar-refractivity contribution in [1.29, 1.82) is 0 Å². The number of hydrogen-bond acceptors (Lipinski definition) is 4. The summed E-state index contributed by atoms with van der Waals surface area (Å²) in [5.41, 5.74) is 1.21. The topological polar surface area (TPSA) is 36.4 Å². The summed E-state index contributed by atoms with van der Waals surface area (Å²) < 4.78 is 0. The van der Waals surface area contributed by atoms with Crippen LogP contribution >= 0.6 is 11.3 Å². The van der Waals surface area contributed by atoms with Gasteiger partial charge >= 0.3 is 0 Å². The molecule has 140 valence electrons. The van der Waals surface area contributed by atoms with Gasteiger partial charge in [-0.2, -0.15) is 0 Å². The highest BCUT2D eigenvalue weighted by Crippen LogP contribution is 2.22. The molecule has 0 spiro atoms. The molecular formula is C22H25N3OS. The number of fused-ring (bicyclic) bond motifs is 1. The lowest BCUT2D eigenvalue weighted by atomic mass is 10.1. The highest BCUT2D eigenvalue weighted by Gasteiger charge is 2.25. The minimum absolute atomic E-state index is 0.272. The van der Waals surface area contributed by atoms with E-state index in [0.717, 1.165) is 30.9 Å². The van der Waals surface area contributed by atoms with Gasteiger partial charge in [0.15, 0.2) is 0 Å². The molecule has 0 aliphatic carbocycles. The van der Waals surface area contributed by atoms with Gasteiger partial charge in [0.2, 0.25) is 5.91 Å². The molecule has 0 N–H and O–H groups in total. The van der Waals surface area contributed by atoms with Crippen LogP contribution in [0.15, 0.2) is 54.0 Å². The van der Waals surface area contributed by atoms with Gasteiger partial charge in [-0.25, -0.2) is 4.98 Å². The number of thiazole rings is 1. The molecule has 1 aromatic heterocycles. The van der Waals surface area contributed by atoms with E-state index in [0.29, 0.717) is 19.0 Å². The van der Waals surface area contributed by atoms with Gasteiger partial charge in [0.1, 0.15) is 5.01 Å². The maximum atomic E-state index is 12.7. The Labute approximate surface area is 164 Å². The summed E-state index contributed by atoms with van der Waals surface area (Å²) in [6.45, 7) is 2.38. The normalized spacial score (nSPS) is 18.2. The van der Waals surface area contributed by atoms with Gasteiger partial charge in [-0.1, -0.05) is 36.4 Å². The Balaban J connectivity index is 1.40. The Bertz CT molecular complexity index is 909. The zero-order chi connectivity index (χ0) is 18.6. The summed E-state index contributed by atoms with van der Waals surface area (Å²) in [4.78, 5) is 21.4. The first-order valence-electron chi connectivity index (χ1n) is 9.53. The highest BCUT2D eigenvalue weighted by molar-refractivity contribution is 7.09.